The second kappa shape index (κ2) is 5.68. The predicted molar refractivity (Wildman–Crippen MR) is 58.6 cm³/mol. The molecule has 4 nitrogen and oxygen atoms in total. The molecule has 90 valence electrons. The third-order valence-electron chi connectivity index (χ3n) is 3.01. The van der Waals surface area contributed by atoms with Crippen LogP contribution in [0.3, 0.4) is 0 Å². The van der Waals surface area contributed by atoms with Crippen LogP contribution in [-0.2, 0) is 19.1 Å². The molecule has 0 N–H and O–H groups in total. The molecular formula is C12H18O4. The van der Waals surface area contributed by atoms with Crippen molar-refractivity contribution in [1.82, 2.24) is 0 Å². The van der Waals surface area contributed by atoms with Crippen LogP contribution in [0.5, 0.6) is 0 Å². The van der Waals surface area contributed by atoms with Crippen LogP contribution < -0.4 is 0 Å². The highest BCUT2D eigenvalue weighted by Gasteiger charge is 2.32. The van der Waals surface area contributed by atoms with Gasteiger partial charge in [-0.1, -0.05) is 13.8 Å². The normalized spacial score (nSPS) is 29.3. The standard InChI is InChI=1S/C12H18O4/c1-8-4-5-9(2)12(8)16-11(14)7-6-10(13)15-3/h6-9,12H,4-5H2,1-3H3. The van der Waals surface area contributed by atoms with Gasteiger partial charge < -0.3 is 9.47 Å². The van der Waals surface area contributed by atoms with E-state index in [1.54, 1.807) is 0 Å². The summed E-state index contributed by atoms with van der Waals surface area (Å²) < 4.78 is 9.68. The van der Waals surface area contributed by atoms with Gasteiger partial charge in [0.05, 0.1) is 7.11 Å². The summed E-state index contributed by atoms with van der Waals surface area (Å²) in [4.78, 5) is 22.2. The maximum Gasteiger partial charge on any atom is 0.331 e. The molecule has 16 heavy (non-hydrogen) atoms. The molecule has 1 saturated carbocycles. The lowest BCUT2D eigenvalue weighted by Crippen LogP contribution is -2.24. The molecule has 2 unspecified atom stereocenters. The Kier molecular flexibility index (Phi) is 4.52. The van der Waals surface area contributed by atoms with E-state index in [1.807, 2.05) is 0 Å². The lowest BCUT2D eigenvalue weighted by Gasteiger charge is -2.19. The Morgan fingerprint density at radius 3 is 2.06 bits per heavy atom. The maximum absolute atomic E-state index is 11.4. The number of rotatable bonds is 3. The van der Waals surface area contributed by atoms with Crippen LogP contribution in [-0.4, -0.2) is 25.2 Å². The van der Waals surface area contributed by atoms with Crippen LogP contribution in [0.2, 0.25) is 0 Å². The fourth-order valence-corrected chi connectivity index (χ4v) is 2.02. The van der Waals surface area contributed by atoms with Gasteiger partial charge in [0.2, 0.25) is 0 Å². The third kappa shape index (κ3) is 3.36. The van der Waals surface area contributed by atoms with Gasteiger partial charge >= 0.3 is 11.9 Å². The molecule has 0 aromatic carbocycles. The van der Waals surface area contributed by atoms with Crippen LogP contribution in [0, 0.1) is 11.8 Å². The van der Waals surface area contributed by atoms with E-state index in [9.17, 15) is 9.59 Å². The fraction of sp³-hybridized carbons (Fsp3) is 0.667. The van der Waals surface area contributed by atoms with Crippen LogP contribution >= 0.6 is 0 Å². The number of carbonyl (C=O) groups excluding carboxylic acids is 2. The van der Waals surface area contributed by atoms with E-state index in [-0.39, 0.29) is 6.10 Å². The third-order valence-corrected chi connectivity index (χ3v) is 3.01. The number of hydrogen-bond acceptors (Lipinski definition) is 4. The van der Waals surface area contributed by atoms with E-state index >= 15 is 0 Å². The minimum atomic E-state index is -0.551. The van der Waals surface area contributed by atoms with Gasteiger partial charge in [-0.25, -0.2) is 9.59 Å². The van der Waals surface area contributed by atoms with E-state index in [2.05, 4.69) is 18.6 Å². The van der Waals surface area contributed by atoms with Gasteiger partial charge in [-0.2, -0.15) is 0 Å². The number of methoxy groups -OCH3 is 1. The molecule has 1 fully saturated rings. The largest absolute Gasteiger partial charge is 0.466 e. The summed E-state index contributed by atoms with van der Waals surface area (Å²) >= 11 is 0. The number of esters is 2. The first-order valence-corrected chi connectivity index (χ1v) is 5.51. The maximum atomic E-state index is 11.4. The van der Waals surface area contributed by atoms with Crippen molar-refractivity contribution in [2.45, 2.75) is 32.8 Å². The number of hydrogen-bond donors (Lipinski definition) is 0. The molecule has 1 aliphatic rings. The van der Waals surface area contributed by atoms with Gasteiger partial charge in [-0.05, 0) is 24.7 Å². The Morgan fingerprint density at radius 1 is 1.06 bits per heavy atom. The zero-order valence-corrected chi connectivity index (χ0v) is 9.93. The average Bonchev–Trinajstić information content (AvgIpc) is 2.57. The van der Waals surface area contributed by atoms with E-state index in [0.29, 0.717) is 11.8 Å². The molecule has 0 aromatic heterocycles. The van der Waals surface area contributed by atoms with Crippen molar-refractivity contribution < 1.29 is 19.1 Å². The fourth-order valence-electron chi connectivity index (χ4n) is 2.02. The van der Waals surface area contributed by atoms with Crippen LogP contribution in [0.25, 0.3) is 0 Å². The first kappa shape index (κ1) is 12.7. The van der Waals surface area contributed by atoms with Gasteiger partial charge in [0.15, 0.2) is 0 Å². The Labute approximate surface area is 95.6 Å². The zero-order valence-electron chi connectivity index (χ0n) is 9.93. The number of ether oxygens (including phenoxy) is 2. The van der Waals surface area contributed by atoms with Crippen molar-refractivity contribution in [3.63, 3.8) is 0 Å². The van der Waals surface area contributed by atoms with Gasteiger partial charge in [0, 0.05) is 12.2 Å². The summed E-state index contributed by atoms with van der Waals surface area (Å²) in [5.74, 6) is -0.239. The molecule has 0 heterocycles. The molecule has 0 aliphatic heterocycles. The molecule has 1 aliphatic carbocycles. The quantitative estimate of drug-likeness (QED) is 0.543. The van der Waals surface area contributed by atoms with Crippen molar-refractivity contribution in [3.8, 4) is 0 Å². The van der Waals surface area contributed by atoms with Gasteiger partial charge in [0.25, 0.3) is 0 Å². The minimum absolute atomic E-state index is 0.0326. The molecule has 0 radical (unpaired) electrons. The van der Waals surface area contributed by atoms with Gasteiger partial charge in [-0.15, -0.1) is 0 Å². The molecule has 2 atom stereocenters. The first-order chi connectivity index (χ1) is 7.54. The van der Waals surface area contributed by atoms with E-state index in [4.69, 9.17) is 4.74 Å². The smallest absolute Gasteiger partial charge is 0.331 e. The van der Waals surface area contributed by atoms with E-state index < -0.39 is 11.9 Å². The minimum Gasteiger partial charge on any atom is -0.466 e. The average molecular weight is 226 g/mol. The van der Waals surface area contributed by atoms with Crippen LogP contribution in [0.15, 0.2) is 12.2 Å². The van der Waals surface area contributed by atoms with Crippen LogP contribution in [0.1, 0.15) is 26.7 Å². The molecule has 0 bridgehead atoms. The topological polar surface area (TPSA) is 52.6 Å². The molecule has 0 aromatic rings. The highest BCUT2D eigenvalue weighted by Crippen LogP contribution is 2.32. The van der Waals surface area contributed by atoms with Crippen molar-refractivity contribution >= 4 is 11.9 Å². The molecule has 0 saturated heterocycles. The SMILES string of the molecule is COC(=O)C=CC(=O)OC1C(C)CCC1C. The second-order valence-electron chi connectivity index (χ2n) is 4.29. The summed E-state index contributed by atoms with van der Waals surface area (Å²) in [6.45, 7) is 4.15. The lowest BCUT2D eigenvalue weighted by molar-refractivity contribution is -0.147. The Hall–Kier alpha value is -1.32. The molecular weight excluding hydrogens is 208 g/mol. The predicted octanol–water partition coefficient (Wildman–Crippen LogP) is 1.69. The van der Waals surface area contributed by atoms with Crippen molar-refractivity contribution in [3.05, 3.63) is 12.2 Å². The second-order valence-corrected chi connectivity index (χ2v) is 4.29. The van der Waals surface area contributed by atoms with E-state index in [1.165, 1.54) is 7.11 Å². The lowest BCUT2D eigenvalue weighted by atomic mass is 10.0. The highest BCUT2D eigenvalue weighted by molar-refractivity contribution is 5.91. The van der Waals surface area contributed by atoms with Crippen molar-refractivity contribution in [2.75, 3.05) is 7.11 Å². The molecule has 1 rings (SSSR count). The summed E-state index contributed by atoms with van der Waals surface area (Å²) in [6, 6.07) is 0. The van der Waals surface area contributed by atoms with Crippen molar-refractivity contribution in [1.29, 1.82) is 0 Å². The molecule has 4 heteroatoms. The Balaban J connectivity index is 2.45. The Bertz CT molecular complexity index is 285. The number of carbonyl (C=O) groups is 2. The Morgan fingerprint density at radius 2 is 1.56 bits per heavy atom. The van der Waals surface area contributed by atoms with Crippen LogP contribution in [0.4, 0.5) is 0 Å². The van der Waals surface area contributed by atoms with Gasteiger partial charge in [-0.3, -0.25) is 0 Å². The summed E-state index contributed by atoms with van der Waals surface area (Å²) in [6.07, 6.45) is 4.32. The molecule has 0 spiro atoms. The van der Waals surface area contributed by atoms with E-state index in [0.717, 1.165) is 25.0 Å². The van der Waals surface area contributed by atoms with Crippen molar-refractivity contribution in [2.24, 2.45) is 11.8 Å². The summed E-state index contributed by atoms with van der Waals surface area (Å²) in [5.41, 5.74) is 0. The highest BCUT2D eigenvalue weighted by atomic mass is 16.5. The zero-order chi connectivity index (χ0) is 12.1. The first-order valence-electron chi connectivity index (χ1n) is 5.51. The van der Waals surface area contributed by atoms with Gasteiger partial charge in [0.1, 0.15) is 6.10 Å². The summed E-state index contributed by atoms with van der Waals surface area (Å²) in [5, 5.41) is 0. The molecule has 0 amide bonds. The monoisotopic (exact) mass is 226 g/mol. The summed E-state index contributed by atoms with van der Waals surface area (Å²) in [7, 11) is 1.26.